The average molecular weight is 216 g/mol. The Morgan fingerprint density at radius 1 is 1.57 bits per heavy atom. The monoisotopic (exact) mass is 216 g/mol. The van der Waals surface area contributed by atoms with Crippen LogP contribution < -0.4 is 5.73 Å². The van der Waals surface area contributed by atoms with Gasteiger partial charge in [0.25, 0.3) is 0 Å². The maximum absolute atomic E-state index is 5.85. The van der Waals surface area contributed by atoms with Crippen molar-refractivity contribution in [2.24, 2.45) is 5.73 Å². The van der Waals surface area contributed by atoms with Gasteiger partial charge >= 0.3 is 0 Å². The van der Waals surface area contributed by atoms with Crippen molar-refractivity contribution in [3.05, 3.63) is 0 Å². The van der Waals surface area contributed by atoms with Gasteiger partial charge in [-0.1, -0.05) is 0 Å². The van der Waals surface area contributed by atoms with E-state index in [2.05, 4.69) is 18.1 Å². The van der Waals surface area contributed by atoms with Crippen molar-refractivity contribution >= 4 is 11.8 Å². The number of nitrogens with zero attached hydrogens (tertiary/aromatic N) is 1. The SMILES string of the molecule is CSCCCC(CN)N1CCCC1C. The predicted octanol–water partition coefficient (Wildman–Crippen LogP) is 1.94. The first-order valence-electron chi connectivity index (χ1n) is 5.74. The number of thioether (sulfide) groups is 1. The second kappa shape index (κ2) is 6.70. The zero-order valence-electron chi connectivity index (χ0n) is 9.54. The molecule has 0 aromatic carbocycles. The molecule has 0 amide bonds. The number of hydrogen-bond acceptors (Lipinski definition) is 3. The van der Waals surface area contributed by atoms with E-state index < -0.39 is 0 Å². The fourth-order valence-corrected chi connectivity index (χ4v) is 2.84. The summed E-state index contributed by atoms with van der Waals surface area (Å²) in [5.41, 5.74) is 5.85. The molecule has 0 saturated carbocycles. The molecule has 2 unspecified atom stereocenters. The maximum Gasteiger partial charge on any atom is 0.0221 e. The molecule has 1 heterocycles. The first kappa shape index (κ1) is 12.3. The Labute approximate surface area is 92.6 Å². The zero-order valence-corrected chi connectivity index (χ0v) is 10.4. The van der Waals surface area contributed by atoms with Gasteiger partial charge in [0.05, 0.1) is 0 Å². The van der Waals surface area contributed by atoms with Crippen LogP contribution in [0.15, 0.2) is 0 Å². The molecule has 14 heavy (non-hydrogen) atoms. The molecular weight excluding hydrogens is 192 g/mol. The van der Waals surface area contributed by atoms with Crippen LogP contribution in [-0.4, -0.2) is 42.1 Å². The van der Waals surface area contributed by atoms with Gasteiger partial charge in [-0.05, 0) is 51.2 Å². The number of rotatable bonds is 6. The topological polar surface area (TPSA) is 29.3 Å². The molecule has 2 N–H and O–H groups in total. The Hall–Kier alpha value is 0.270. The van der Waals surface area contributed by atoms with Gasteiger partial charge in [0.2, 0.25) is 0 Å². The largest absolute Gasteiger partial charge is 0.329 e. The summed E-state index contributed by atoms with van der Waals surface area (Å²) in [6, 6.07) is 1.40. The predicted molar refractivity (Wildman–Crippen MR) is 65.9 cm³/mol. The number of likely N-dealkylation sites (tertiary alicyclic amines) is 1. The quantitative estimate of drug-likeness (QED) is 0.688. The van der Waals surface area contributed by atoms with Crippen molar-refractivity contribution in [2.75, 3.05) is 25.1 Å². The Balaban J connectivity index is 2.29. The van der Waals surface area contributed by atoms with Crippen LogP contribution in [0.2, 0.25) is 0 Å². The first-order chi connectivity index (χ1) is 6.79. The minimum Gasteiger partial charge on any atom is -0.329 e. The lowest BCUT2D eigenvalue weighted by Gasteiger charge is -2.30. The molecule has 1 aliphatic rings. The summed E-state index contributed by atoms with van der Waals surface area (Å²) in [6.07, 6.45) is 7.49. The van der Waals surface area contributed by atoms with E-state index in [4.69, 9.17) is 5.73 Å². The van der Waals surface area contributed by atoms with Crippen molar-refractivity contribution in [3.8, 4) is 0 Å². The number of nitrogens with two attached hydrogens (primary N) is 1. The Morgan fingerprint density at radius 2 is 2.36 bits per heavy atom. The summed E-state index contributed by atoms with van der Waals surface area (Å²) in [5.74, 6) is 1.28. The highest BCUT2D eigenvalue weighted by molar-refractivity contribution is 7.98. The van der Waals surface area contributed by atoms with Crippen LogP contribution >= 0.6 is 11.8 Å². The third kappa shape index (κ3) is 3.44. The lowest BCUT2D eigenvalue weighted by atomic mass is 10.1. The molecule has 0 bridgehead atoms. The van der Waals surface area contributed by atoms with E-state index in [1.807, 2.05) is 11.8 Å². The summed E-state index contributed by atoms with van der Waals surface area (Å²) in [6.45, 7) is 4.44. The molecule has 1 saturated heterocycles. The Bertz CT molecular complexity index is 152. The molecule has 84 valence electrons. The highest BCUT2D eigenvalue weighted by Crippen LogP contribution is 2.21. The first-order valence-corrected chi connectivity index (χ1v) is 7.13. The zero-order chi connectivity index (χ0) is 10.4. The van der Waals surface area contributed by atoms with Crippen LogP contribution in [-0.2, 0) is 0 Å². The van der Waals surface area contributed by atoms with Crippen LogP contribution in [0.3, 0.4) is 0 Å². The van der Waals surface area contributed by atoms with Crippen molar-refractivity contribution in [3.63, 3.8) is 0 Å². The Morgan fingerprint density at radius 3 is 2.86 bits per heavy atom. The summed E-state index contributed by atoms with van der Waals surface area (Å²) in [5, 5.41) is 0. The summed E-state index contributed by atoms with van der Waals surface area (Å²) in [7, 11) is 0. The summed E-state index contributed by atoms with van der Waals surface area (Å²) >= 11 is 1.94. The van der Waals surface area contributed by atoms with Gasteiger partial charge in [0.1, 0.15) is 0 Å². The summed E-state index contributed by atoms with van der Waals surface area (Å²) in [4.78, 5) is 2.61. The minimum absolute atomic E-state index is 0.639. The molecule has 2 atom stereocenters. The fourth-order valence-electron chi connectivity index (χ4n) is 2.38. The van der Waals surface area contributed by atoms with E-state index in [9.17, 15) is 0 Å². The van der Waals surface area contributed by atoms with Crippen LogP contribution in [0, 0.1) is 0 Å². The van der Waals surface area contributed by atoms with Gasteiger partial charge < -0.3 is 5.73 Å². The second-order valence-electron chi connectivity index (χ2n) is 4.25. The minimum atomic E-state index is 0.639. The molecule has 0 aromatic rings. The van der Waals surface area contributed by atoms with Gasteiger partial charge in [-0.3, -0.25) is 4.90 Å². The van der Waals surface area contributed by atoms with E-state index in [1.165, 1.54) is 38.0 Å². The molecule has 1 aliphatic heterocycles. The molecule has 0 aromatic heterocycles. The summed E-state index contributed by atoms with van der Waals surface area (Å²) < 4.78 is 0. The van der Waals surface area contributed by atoms with Gasteiger partial charge in [0.15, 0.2) is 0 Å². The van der Waals surface area contributed by atoms with Crippen molar-refractivity contribution < 1.29 is 0 Å². The lowest BCUT2D eigenvalue weighted by Crippen LogP contribution is -2.42. The van der Waals surface area contributed by atoms with E-state index >= 15 is 0 Å². The molecular formula is C11H24N2S. The van der Waals surface area contributed by atoms with Crippen LogP contribution in [0.1, 0.15) is 32.6 Å². The number of hydrogen-bond donors (Lipinski definition) is 1. The third-order valence-electron chi connectivity index (χ3n) is 3.23. The molecule has 1 rings (SSSR count). The van der Waals surface area contributed by atoms with Crippen molar-refractivity contribution in [1.82, 2.24) is 4.90 Å². The van der Waals surface area contributed by atoms with Gasteiger partial charge in [-0.15, -0.1) is 0 Å². The highest BCUT2D eigenvalue weighted by atomic mass is 32.2. The molecule has 0 aliphatic carbocycles. The standard InChI is InChI=1S/C11H24N2S/c1-10-5-3-7-13(10)11(9-12)6-4-8-14-2/h10-11H,3-9,12H2,1-2H3. The molecule has 0 spiro atoms. The second-order valence-corrected chi connectivity index (χ2v) is 5.24. The van der Waals surface area contributed by atoms with Gasteiger partial charge in [-0.25, -0.2) is 0 Å². The van der Waals surface area contributed by atoms with Crippen LogP contribution in [0.25, 0.3) is 0 Å². The molecule has 2 nitrogen and oxygen atoms in total. The smallest absolute Gasteiger partial charge is 0.0221 e. The van der Waals surface area contributed by atoms with E-state index in [0.29, 0.717) is 6.04 Å². The normalized spacial score (nSPS) is 25.5. The molecule has 0 radical (unpaired) electrons. The fraction of sp³-hybridized carbons (Fsp3) is 1.00. The van der Waals surface area contributed by atoms with Crippen LogP contribution in [0.4, 0.5) is 0 Å². The van der Waals surface area contributed by atoms with E-state index in [-0.39, 0.29) is 0 Å². The van der Waals surface area contributed by atoms with Crippen molar-refractivity contribution in [1.29, 1.82) is 0 Å². The van der Waals surface area contributed by atoms with Gasteiger partial charge in [-0.2, -0.15) is 11.8 Å². The van der Waals surface area contributed by atoms with E-state index in [0.717, 1.165) is 12.6 Å². The Kier molecular flexibility index (Phi) is 5.90. The molecule has 1 fully saturated rings. The third-order valence-corrected chi connectivity index (χ3v) is 3.93. The maximum atomic E-state index is 5.85. The highest BCUT2D eigenvalue weighted by Gasteiger charge is 2.26. The van der Waals surface area contributed by atoms with Crippen LogP contribution in [0.5, 0.6) is 0 Å². The average Bonchev–Trinajstić information content (AvgIpc) is 2.60. The van der Waals surface area contributed by atoms with Gasteiger partial charge in [0, 0.05) is 18.6 Å². The van der Waals surface area contributed by atoms with E-state index in [1.54, 1.807) is 0 Å². The lowest BCUT2D eigenvalue weighted by molar-refractivity contribution is 0.184. The van der Waals surface area contributed by atoms with Crippen molar-refractivity contribution in [2.45, 2.75) is 44.7 Å². The molecule has 3 heteroatoms.